The van der Waals surface area contributed by atoms with Gasteiger partial charge in [-0.15, -0.1) is 0 Å². The Morgan fingerprint density at radius 3 is 2.89 bits per heavy atom. The number of rotatable bonds is 2. The summed E-state index contributed by atoms with van der Waals surface area (Å²) in [6, 6.07) is 3.02. The number of nitrogens with zero attached hydrogens (tertiary/aromatic N) is 1. The van der Waals surface area contributed by atoms with Crippen molar-refractivity contribution >= 4 is 50.5 Å². The lowest BCUT2D eigenvalue weighted by molar-refractivity contribution is -0.131. The first-order chi connectivity index (χ1) is 8.47. The molecule has 1 aromatic heterocycles. The minimum atomic E-state index is -1.16. The molecule has 0 spiro atoms. The van der Waals surface area contributed by atoms with Crippen molar-refractivity contribution < 1.29 is 14.3 Å². The fourth-order valence-electron chi connectivity index (χ4n) is 1.33. The van der Waals surface area contributed by atoms with Gasteiger partial charge in [0.2, 0.25) is 5.89 Å². The summed E-state index contributed by atoms with van der Waals surface area (Å²) >= 11 is 9.04. The normalized spacial score (nSPS) is 11.2. The standard InChI is InChI=1S/C11H5BrClNO4/c12-7-4-5(13)3-6-10(7)14-8(18-11(6)17)1-2-9(15)16/h1-4H,(H,15,16)/b2-1-. The first-order valence-corrected chi connectivity index (χ1v) is 5.85. The molecule has 0 fully saturated rings. The SMILES string of the molecule is O=C(O)/C=C\c1nc2c(Br)cc(Cl)cc2c(=O)o1. The first kappa shape index (κ1) is 12.8. The third-order valence-electron chi connectivity index (χ3n) is 2.04. The highest BCUT2D eigenvalue weighted by molar-refractivity contribution is 9.10. The van der Waals surface area contributed by atoms with Gasteiger partial charge in [-0.05, 0) is 28.1 Å². The molecule has 0 bridgehead atoms. The van der Waals surface area contributed by atoms with E-state index in [1.807, 2.05) is 0 Å². The van der Waals surface area contributed by atoms with Crippen molar-refractivity contribution in [3.05, 3.63) is 44.0 Å². The minimum Gasteiger partial charge on any atom is -0.478 e. The molecule has 2 aromatic rings. The molecule has 1 heterocycles. The van der Waals surface area contributed by atoms with Gasteiger partial charge < -0.3 is 9.52 Å². The number of halogens is 2. The van der Waals surface area contributed by atoms with Gasteiger partial charge in [0.05, 0.1) is 10.9 Å². The lowest BCUT2D eigenvalue weighted by Gasteiger charge is -2.00. The Hall–Kier alpha value is -1.66. The van der Waals surface area contributed by atoms with Crippen LogP contribution in [-0.4, -0.2) is 16.1 Å². The van der Waals surface area contributed by atoms with Gasteiger partial charge in [0.15, 0.2) is 0 Å². The molecule has 0 amide bonds. The zero-order valence-corrected chi connectivity index (χ0v) is 11.0. The average molecular weight is 331 g/mol. The van der Waals surface area contributed by atoms with Gasteiger partial charge in [-0.2, -0.15) is 0 Å². The molecule has 0 unspecified atom stereocenters. The molecular weight excluding hydrogens is 325 g/mol. The Bertz CT molecular complexity index is 723. The number of carboxylic acid groups (broad SMARTS) is 1. The van der Waals surface area contributed by atoms with E-state index in [9.17, 15) is 9.59 Å². The number of carboxylic acids is 1. The quantitative estimate of drug-likeness (QED) is 0.856. The number of carbonyl (C=O) groups is 1. The van der Waals surface area contributed by atoms with Crippen molar-refractivity contribution in [3.8, 4) is 0 Å². The summed E-state index contributed by atoms with van der Waals surface area (Å²) in [6.45, 7) is 0. The van der Waals surface area contributed by atoms with Crippen LogP contribution in [0.15, 0.2) is 31.9 Å². The Morgan fingerprint density at radius 2 is 2.22 bits per heavy atom. The highest BCUT2D eigenvalue weighted by Gasteiger charge is 2.09. The summed E-state index contributed by atoms with van der Waals surface area (Å²) in [5.41, 5.74) is -0.270. The predicted octanol–water partition coefficient (Wildman–Crippen LogP) is 2.70. The second-order valence-corrected chi connectivity index (χ2v) is 4.59. The van der Waals surface area contributed by atoms with Gasteiger partial charge in [-0.1, -0.05) is 11.6 Å². The summed E-state index contributed by atoms with van der Waals surface area (Å²) in [6.07, 6.45) is 1.94. The predicted molar refractivity (Wildman–Crippen MR) is 69.7 cm³/mol. The van der Waals surface area contributed by atoms with Crippen molar-refractivity contribution in [2.24, 2.45) is 0 Å². The van der Waals surface area contributed by atoms with E-state index >= 15 is 0 Å². The van der Waals surface area contributed by atoms with Crippen LogP contribution in [0.2, 0.25) is 5.02 Å². The summed E-state index contributed by atoms with van der Waals surface area (Å²) < 4.78 is 5.39. The second-order valence-electron chi connectivity index (χ2n) is 3.29. The zero-order valence-electron chi connectivity index (χ0n) is 8.68. The number of aliphatic carboxylic acids is 1. The van der Waals surface area contributed by atoms with Crippen molar-refractivity contribution in [2.45, 2.75) is 0 Å². The van der Waals surface area contributed by atoms with Gasteiger partial charge in [0, 0.05) is 21.6 Å². The van der Waals surface area contributed by atoms with Crippen LogP contribution in [-0.2, 0) is 4.79 Å². The summed E-state index contributed by atoms with van der Waals surface area (Å²) in [5, 5.41) is 9.08. The van der Waals surface area contributed by atoms with Crippen LogP contribution >= 0.6 is 27.5 Å². The Morgan fingerprint density at radius 1 is 1.50 bits per heavy atom. The van der Waals surface area contributed by atoms with E-state index in [-0.39, 0.29) is 11.3 Å². The first-order valence-electron chi connectivity index (χ1n) is 4.68. The van der Waals surface area contributed by atoms with Gasteiger partial charge in [-0.3, -0.25) is 0 Å². The molecule has 0 saturated heterocycles. The molecule has 5 nitrogen and oxygen atoms in total. The fourth-order valence-corrected chi connectivity index (χ4v) is 2.23. The molecule has 0 aliphatic heterocycles. The maximum Gasteiger partial charge on any atom is 0.347 e. The number of hydrogen-bond donors (Lipinski definition) is 1. The van der Waals surface area contributed by atoms with Crippen LogP contribution in [0.25, 0.3) is 17.0 Å². The Balaban J connectivity index is 2.69. The maximum atomic E-state index is 11.7. The third-order valence-corrected chi connectivity index (χ3v) is 2.86. The number of aromatic nitrogens is 1. The number of benzene rings is 1. The van der Waals surface area contributed by atoms with Crippen molar-refractivity contribution in [1.29, 1.82) is 0 Å². The van der Waals surface area contributed by atoms with E-state index in [2.05, 4.69) is 20.9 Å². The monoisotopic (exact) mass is 329 g/mol. The Labute approximate surface area is 114 Å². The van der Waals surface area contributed by atoms with Crippen LogP contribution in [0.1, 0.15) is 5.89 Å². The van der Waals surface area contributed by atoms with Crippen LogP contribution in [0, 0.1) is 0 Å². The van der Waals surface area contributed by atoms with Crippen LogP contribution < -0.4 is 5.63 Å². The molecule has 0 radical (unpaired) electrons. The minimum absolute atomic E-state index is 0.0853. The van der Waals surface area contributed by atoms with Crippen molar-refractivity contribution in [1.82, 2.24) is 4.98 Å². The largest absolute Gasteiger partial charge is 0.478 e. The van der Waals surface area contributed by atoms with Gasteiger partial charge in [-0.25, -0.2) is 14.6 Å². The van der Waals surface area contributed by atoms with Crippen LogP contribution in [0.3, 0.4) is 0 Å². The smallest absolute Gasteiger partial charge is 0.347 e. The lowest BCUT2D eigenvalue weighted by Crippen LogP contribution is -2.03. The summed E-state index contributed by atoms with van der Waals surface area (Å²) in [5.74, 6) is -1.24. The van der Waals surface area contributed by atoms with Crippen molar-refractivity contribution in [2.75, 3.05) is 0 Å². The topological polar surface area (TPSA) is 80.4 Å². The number of fused-ring (bicyclic) bond motifs is 1. The molecule has 1 N–H and O–H groups in total. The number of hydrogen-bond acceptors (Lipinski definition) is 4. The second kappa shape index (κ2) is 4.91. The molecule has 7 heteroatoms. The molecule has 0 saturated carbocycles. The van der Waals surface area contributed by atoms with E-state index in [1.54, 1.807) is 6.07 Å². The van der Waals surface area contributed by atoms with Gasteiger partial charge in [0.25, 0.3) is 0 Å². The summed E-state index contributed by atoms with van der Waals surface area (Å²) in [7, 11) is 0. The van der Waals surface area contributed by atoms with E-state index in [1.165, 1.54) is 6.07 Å². The third kappa shape index (κ3) is 2.60. The molecule has 0 aliphatic carbocycles. The molecule has 0 aliphatic rings. The molecule has 0 atom stereocenters. The molecular formula is C11H5BrClNO4. The molecule has 92 valence electrons. The fraction of sp³-hybridized carbons (Fsp3) is 0. The van der Waals surface area contributed by atoms with E-state index < -0.39 is 11.6 Å². The van der Waals surface area contributed by atoms with Crippen LogP contribution in [0.5, 0.6) is 0 Å². The molecule has 1 aromatic carbocycles. The molecule has 2 rings (SSSR count). The molecule has 18 heavy (non-hydrogen) atoms. The van der Waals surface area contributed by atoms with E-state index in [4.69, 9.17) is 21.1 Å². The average Bonchev–Trinajstić information content (AvgIpc) is 2.28. The highest BCUT2D eigenvalue weighted by Crippen LogP contribution is 2.25. The maximum absolute atomic E-state index is 11.7. The highest BCUT2D eigenvalue weighted by atomic mass is 79.9. The Kier molecular flexibility index (Phi) is 3.49. The lowest BCUT2D eigenvalue weighted by atomic mass is 10.2. The van der Waals surface area contributed by atoms with E-state index in [0.717, 1.165) is 12.2 Å². The van der Waals surface area contributed by atoms with Gasteiger partial charge >= 0.3 is 11.6 Å². The zero-order chi connectivity index (χ0) is 13.3. The van der Waals surface area contributed by atoms with Crippen LogP contribution in [0.4, 0.5) is 0 Å². The van der Waals surface area contributed by atoms with E-state index in [0.29, 0.717) is 15.0 Å². The van der Waals surface area contributed by atoms with Crippen molar-refractivity contribution in [3.63, 3.8) is 0 Å². The summed E-state index contributed by atoms with van der Waals surface area (Å²) in [4.78, 5) is 26.1. The van der Waals surface area contributed by atoms with Gasteiger partial charge in [0.1, 0.15) is 0 Å².